The second-order valence-electron chi connectivity index (χ2n) is 11.9. The number of cyclic esters (lactones) is 1. The van der Waals surface area contributed by atoms with Crippen molar-refractivity contribution in [2.45, 2.75) is 135 Å². The highest BCUT2D eigenvalue weighted by Crippen LogP contribution is 2.37. The van der Waals surface area contributed by atoms with Crippen LogP contribution in [0.5, 0.6) is 0 Å². The standard InChI is InChI=1S/C27H49NO10/c1-9-19-27(8,34)22(31)15(4)20(28-35)13(2)12-26(7,33)23(16(5)21(30)17(6)24(32)37-19)38-25-18(29)11-10-14(3)36-25/h13-19,21-23,25,29-31,33-35H,9-12H2,1-8H3/b28-20+/t13-,14-,15+,16+,17-,18-,19-,21+,22-,23-,25+,26?,27-/m1/s1. The minimum absolute atomic E-state index is 0.0261. The highest BCUT2D eigenvalue weighted by molar-refractivity contribution is 5.88. The van der Waals surface area contributed by atoms with Gasteiger partial charge in [0.05, 0.1) is 41.6 Å². The van der Waals surface area contributed by atoms with Crippen molar-refractivity contribution in [3.63, 3.8) is 0 Å². The minimum atomic E-state index is -1.90. The lowest BCUT2D eigenvalue weighted by Gasteiger charge is -2.45. The first kappa shape index (κ1) is 32.9. The molecule has 0 aliphatic carbocycles. The fourth-order valence-corrected chi connectivity index (χ4v) is 6.01. The van der Waals surface area contributed by atoms with Gasteiger partial charge in [0.1, 0.15) is 17.8 Å². The summed E-state index contributed by atoms with van der Waals surface area (Å²) in [6, 6.07) is 0. The number of esters is 1. The Kier molecular flexibility index (Phi) is 11.1. The van der Waals surface area contributed by atoms with Gasteiger partial charge in [-0.05, 0) is 53.4 Å². The summed E-state index contributed by atoms with van der Waals surface area (Å²) in [4.78, 5) is 13.1. The van der Waals surface area contributed by atoms with Gasteiger partial charge in [0.25, 0.3) is 0 Å². The Labute approximate surface area is 225 Å². The topological polar surface area (TPSA) is 178 Å². The van der Waals surface area contributed by atoms with Crippen LogP contribution in [0, 0.1) is 23.7 Å². The molecule has 2 fully saturated rings. The zero-order valence-electron chi connectivity index (χ0n) is 23.9. The number of rotatable bonds is 3. The molecular weight excluding hydrogens is 498 g/mol. The summed E-state index contributed by atoms with van der Waals surface area (Å²) in [6.45, 7) is 12.8. The summed E-state index contributed by atoms with van der Waals surface area (Å²) in [7, 11) is 0. The van der Waals surface area contributed by atoms with Gasteiger partial charge < -0.3 is 45.0 Å². The molecule has 0 spiro atoms. The number of aliphatic hydroxyl groups is 5. The second-order valence-corrected chi connectivity index (χ2v) is 11.9. The van der Waals surface area contributed by atoms with E-state index < -0.39 is 77.7 Å². The molecule has 0 aromatic rings. The molecule has 13 atom stereocenters. The zero-order chi connectivity index (χ0) is 29.2. The van der Waals surface area contributed by atoms with E-state index in [0.29, 0.717) is 12.8 Å². The average molecular weight is 548 g/mol. The fraction of sp³-hybridized carbons (Fsp3) is 0.926. The van der Waals surface area contributed by atoms with Crippen molar-refractivity contribution in [1.82, 2.24) is 0 Å². The first-order chi connectivity index (χ1) is 17.5. The Bertz CT molecular complexity index is 818. The van der Waals surface area contributed by atoms with Gasteiger partial charge in [0.15, 0.2) is 6.29 Å². The zero-order valence-corrected chi connectivity index (χ0v) is 23.9. The van der Waals surface area contributed by atoms with Crippen LogP contribution in [-0.4, -0.2) is 96.5 Å². The molecule has 0 aromatic heterocycles. The Morgan fingerprint density at radius 3 is 2.18 bits per heavy atom. The lowest BCUT2D eigenvalue weighted by atomic mass is 9.73. The number of ether oxygens (including phenoxy) is 3. The Morgan fingerprint density at radius 1 is 1.03 bits per heavy atom. The maximum atomic E-state index is 13.1. The van der Waals surface area contributed by atoms with Crippen LogP contribution >= 0.6 is 0 Å². The van der Waals surface area contributed by atoms with Gasteiger partial charge in [-0.3, -0.25) is 4.79 Å². The van der Waals surface area contributed by atoms with Crippen molar-refractivity contribution in [3.8, 4) is 0 Å². The summed E-state index contributed by atoms with van der Waals surface area (Å²) in [6.07, 6.45) is -6.03. The lowest BCUT2D eigenvalue weighted by Crippen LogP contribution is -2.58. The van der Waals surface area contributed by atoms with E-state index in [1.54, 1.807) is 27.7 Å². The molecule has 0 bridgehead atoms. The first-order valence-electron chi connectivity index (χ1n) is 13.7. The molecule has 222 valence electrons. The molecule has 2 heterocycles. The molecular formula is C27H49NO10. The van der Waals surface area contributed by atoms with E-state index in [-0.39, 0.29) is 24.7 Å². The summed E-state index contributed by atoms with van der Waals surface area (Å²) in [5.41, 5.74) is -3.45. The summed E-state index contributed by atoms with van der Waals surface area (Å²) >= 11 is 0. The quantitative estimate of drug-likeness (QED) is 0.173. The van der Waals surface area contributed by atoms with Gasteiger partial charge in [0.2, 0.25) is 0 Å². The highest BCUT2D eigenvalue weighted by atomic mass is 16.7. The van der Waals surface area contributed by atoms with Crippen molar-refractivity contribution >= 4 is 11.7 Å². The number of nitrogens with zero attached hydrogens (tertiary/aromatic N) is 1. The SMILES string of the molecule is CC[C@H]1OC(=O)[C@H](C)[C@@H](O)[C@H](C)[C@@H](O[C@@H]2O[C@H](C)CC[C@H]2O)C(C)(O)C[C@@H](C)/C(=N\O)[C@H](C)[C@@H](O)[C@]1(C)O. The van der Waals surface area contributed by atoms with E-state index >= 15 is 0 Å². The number of aliphatic hydroxyl groups excluding tert-OH is 3. The van der Waals surface area contributed by atoms with E-state index in [9.17, 15) is 35.5 Å². The second kappa shape index (κ2) is 12.9. The van der Waals surface area contributed by atoms with E-state index in [2.05, 4.69) is 5.16 Å². The summed E-state index contributed by atoms with van der Waals surface area (Å²) in [5, 5.41) is 69.2. The van der Waals surface area contributed by atoms with Crippen LogP contribution in [-0.2, 0) is 19.0 Å². The minimum Gasteiger partial charge on any atom is -0.459 e. The molecule has 0 saturated carbocycles. The predicted octanol–water partition coefficient (Wildman–Crippen LogP) is 1.58. The summed E-state index contributed by atoms with van der Waals surface area (Å²) in [5.74, 6) is -4.18. The number of carbonyl (C=O) groups is 1. The monoisotopic (exact) mass is 547 g/mol. The van der Waals surface area contributed by atoms with Gasteiger partial charge in [-0.25, -0.2) is 0 Å². The van der Waals surface area contributed by atoms with Crippen molar-refractivity contribution < 1.29 is 49.7 Å². The average Bonchev–Trinajstić information content (AvgIpc) is 2.84. The van der Waals surface area contributed by atoms with Gasteiger partial charge >= 0.3 is 5.97 Å². The third kappa shape index (κ3) is 7.04. The van der Waals surface area contributed by atoms with Crippen molar-refractivity contribution in [2.24, 2.45) is 28.8 Å². The van der Waals surface area contributed by atoms with Gasteiger partial charge in [-0.1, -0.05) is 32.9 Å². The van der Waals surface area contributed by atoms with Crippen LogP contribution in [0.4, 0.5) is 0 Å². The van der Waals surface area contributed by atoms with Crippen LogP contribution in [0.3, 0.4) is 0 Å². The van der Waals surface area contributed by atoms with Gasteiger partial charge in [-0.15, -0.1) is 0 Å². The molecule has 0 radical (unpaired) electrons. The molecule has 11 nitrogen and oxygen atoms in total. The van der Waals surface area contributed by atoms with E-state index in [0.717, 1.165) is 0 Å². The number of hydrogen-bond acceptors (Lipinski definition) is 11. The van der Waals surface area contributed by atoms with Crippen LogP contribution in [0.25, 0.3) is 0 Å². The maximum Gasteiger partial charge on any atom is 0.311 e. The molecule has 11 heteroatoms. The van der Waals surface area contributed by atoms with E-state index in [4.69, 9.17) is 14.2 Å². The van der Waals surface area contributed by atoms with Crippen molar-refractivity contribution in [1.29, 1.82) is 0 Å². The van der Waals surface area contributed by atoms with Crippen LogP contribution in [0.15, 0.2) is 5.16 Å². The Morgan fingerprint density at radius 2 is 1.63 bits per heavy atom. The predicted molar refractivity (Wildman–Crippen MR) is 138 cm³/mol. The largest absolute Gasteiger partial charge is 0.459 e. The number of carbonyl (C=O) groups excluding carboxylic acids is 1. The van der Waals surface area contributed by atoms with Crippen LogP contribution < -0.4 is 0 Å². The molecule has 6 N–H and O–H groups in total. The third-order valence-electron chi connectivity index (χ3n) is 8.50. The van der Waals surface area contributed by atoms with E-state index in [1.165, 1.54) is 20.8 Å². The van der Waals surface area contributed by atoms with Crippen LogP contribution in [0.1, 0.15) is 81.1 Å². The first-order valence-corrected chi connectivity index (χ1v) is 13.7. The fourth-order valence-electron chi connectivity index (χ4n) is 6.01. The van der Waals surface area contributed by atoms with Crippen molar-refractivity contribution in [3.05, 3.63) is 0 Å². The molecule has 0 aromatic carbocycles. The van der Waals surface area contributed by atoms with Crippen LogP contribution in [0.2, 0.25) is 0 Å². The Hall–Kier alpha value is -1.34. The third-order valence-corrected chi connectivity index (χ3v) is 8.50. The molecule has 2 aliphatic rings. The molecule has 2 saturated heterocycles. The van der Waals surface area contributed by atoms with E-state index in [1.807, 2.05) is 6.92 Å². The number of oxime groups is 1. The maximum absolute atomic E-state index is 13.1. The van der Waals surface area contributed by atoms with Gasteiger partial charge in [-0.2, -0.15) is 0 Å². The lowest BCUT2D eigenvalue weighted by molar-refractivity contribution is -0.289. The molecule has 2 rings (SSSR count). The molecule has 1 unspecified atom stereocenters. The Balaban J connectivity index is 2.57. The summed E-state index contributed by atoms with van der Waals surface area (Å²) < 4.78 is 17.6. The molecule has 2 aliphatic heterocycles. The van der Waals surface area contributed by atoms with Crippen molar-refractivity contribution in [2.75, 3.05) is 0 Å². The normalized spacial score (nSPS) is 49.3. The molecule has 0 amide bonds. The van der Waals surface area contributed by atoms with Gasteiger partial charge in [0, 0.05) is 17.8 Å². The smallest absolute Gasteiger partial charge is 0.311 e. The highest BCUT2D eigenvalue weighted by Gasteiger charge is 2.50. The number of hydrogen-bond donors (Lipinski definition) is 6. The molecule has 38 heavy (non-hydrogen) atoms.